The van der Waals surface area contributed by atoms with Gasteiger partial charge in [0.15, 0.2) is 5.82 Å². The summed E-state index contributed by atoms with van der Waals surface area (Å²) in [5.41, 5.74) is 0. The van der Waals surface area contributed by atoms with E-state index in [-0.39, 0.29) is 0 Å². The first-order valence-corrected chi connectivity index (χ1v) is 7.05. The molecular weight excluding hydrogens is 228 g/mol. The Morgan fingerprint density at radius 1 is 1.39 bits per heavy atom. The molecule has 100 valence electrons. The lowest BCUT2D eigenvalue weighted by Gasteiger charge is -2.29. The maximum atomic E-state index is 5.24. The monoisotopic (exact) mass is 250 g/mol. The number of nitrogens with zero attached hydrogens (tertiary/aromatic N) is 3. The predicted molar refractivity (Wildman–Crippen MR) is 68.1 cm³/mol. The van der Waals surface area contributed by atoms with E-state index in [1.807, 2.05) is 6.92 Å². The highest BCUT2D eigenvalue weighted by molar-refractivity contribution is 4.91. The summed E-state index contributed by atoms with van der Waals surface area (Å²) in [6.45, 7) is 6.20. The van der Waals surface area contributed by atoms with E-state index >= 15 is 0 Å². The highest BCUT2D eigenvalue weighted by Crippen LogP contribution is 2.29. The van der Waals surface area contributed by atoms with Crippen LogP contribution in [0.25, 0.3) is 0 Å². The first-order chi connectivity index (χ1) is 8.81. The van der Waals surface area contributed by atoms with Gasteiger partial charge in [-0.25, -0.2) is 0 Å². The van der Waals surface area contributed by atoms with Crippen LogP contribution in [0.1, 0.15) is 37.4 Å². The van der Waals surface area contributed by atoms with Crippen LogP contribution >= 0.6 is 0 Å². The summed E-state index contributed by atoms with van der Waals surface area (Å²) in [4.78, 5) is 6.85. The van der Waals surface area contributed by atoms with Crippen LogP contribution in [0.5, 0.6) is 0 Å². The summed E-state index contributed by atoms with van der Waals surface area (Å²) in [6.07, 6.45) is 5.31. The van der Waals surface area contributed by atoms with E-state index in [0.29, 0.717) is 0 Å². The van der Waals surface area contributed by atoms with E-state index < -0.39 is 0 Å². The summed E-state index contributed by atoms with van der Waals surface area (Å²) in [5.74, 6) is 2.28. The molecule has 2 aliphatic rings. The number of piperidine rings is 1. The summed E-state index contributed by atoms with van der Waals surface area (Å²) in [6, 6.07) is 0.749. The van der Waals surface area contributed by atoms with Crippen molar-refractivity contribution in [3.8, 4) is 0 Å². The van der Waals surface area contributed by atoms with Gasteiger partial charge < -0.3 is 9.84 Å². The number of hydrogen-bond acceptors (Lipinski definition) is 5. The molecule has 1 N–H and O–H groups in total. The van der Waals surface area contributed by atoms with Crippen molar-refractivity contribution in [3.63, 3.8) is 0 Å². The topological polar surface area (TPSA) is 54.2 Å². The van der Waals surface area contributed by atoms with Crippen LogP contribution in [0.15, 0.2) is 4.52 Å². The SMILES string of the molecule is Cc1noc(CN(CC2CCCNC2)C2CC2)n1. The van der Waals surface area contributed by atoms with Gasteiger partial charge in [-0.15, -0.1) is 0 Å². The number of hydrogen-bond donors (Lipinski definition) is 1. The lowest BCUT2D eigenvalue weighted by molar-refractivity contribution is 0.172. The lowest BCUT2D eigenvalue weighted by Crippen LogP contribution is -2.39. The van der Waals surface area contributed by atoms with Gasteiger partial charge in [0.05, 0.1) is 6.54 Å². The Bertz CT molecular complexity index is 382. The summed E-state index contributed by atoms with van der Waals surface area (Å²) >= 11 is 0. The van der Waals surface area contributed by atoms with Crippen LogP contribution in [-0.2, 0) is 6.54 Å². The molecule has 1 unspecified atom stereocenters. The van der Waals surface area contributed by atoms with Crippen LogP contribution in [-0.4, -0.2) is 40.7 Å². The van der Waals surface area contributed by atoms with Crippen molar-refractivity contribution < 1.29 is 4.52 Å². The van der Waals surface area contributed by atoms with Crippen LogP contribution in [0.4, 0.5) is 0 Å². The second kappa shape index (κ2) is 5.36. The molecular formula is C13H22N4O. The van der Waals surface area contributed by atoms with Crippen LogP contribution in [0.2, 0.25) is 0 Å². The molecule has 1 aliphatic heterocycles. The summed E-state index contributed by atoms with van der Waals surface area (Å²) in [7, 11) is 0. The van der Waals surface area contributed by atoms with E-state index in [1.54, 1.807) is 0 Å². The van der Waals surface area contributed by atoms with Gasteiger partial charge in [-0.3, -0.25) is 4.90 Å². The van der Waals surface area contributed by atoms with Crippen LogP contribution in [0.3, 0.4) is 0 Å². The van der Waals surface area contributed by atoms with E-state index in [1.165, 1.54) is 38.8 Å². The Balaban J connectivity index is 1.57. The Morgan fingerprint density at radius 3 is 2.89 bits per heavy atom. The standard InChI is InChI=1S/C13H22N4O/c1-10-15-13(18-16-10)9-17(12-4-5-12)8-11-3-2-6-14-7-11/h11-12,14H,2-9H2,1H3. The minimum Gasteiger partial charge on any atom is -0.338 e. The molecule has 1 saturated heterocycles. The van der Waals surface area contributed by atoms with E-state index in [2.05, 4.69) is 20.4 Å². The maximum Gasteiger partial charge on any atom is 0.240 e. The molecule has 5 nitrogen and oxygen atoms in total. The minimum atomic E-state index is 0.736. The van der Waals surface area contributed by atoms with Gasteiger partial charge in [0.1, 0.15) is 0 Å². The number of aromatic nitrogens is 2. The van der Waals surface area contributed by atoms with Gasteiger partial charge in [-0.05, 0) is 51.6 Å². The Kier molecular flexibility index (Phi) is 3.61. The molecule has 0 spiro atoms. The Hall–Kier alpha value is -0.940. The fourth-order valence-electron chi connectivity index (χ4n) is 2.77. The second-order valence-corrected chi connectivity index (χ2v) is 5.61. The molecule has 1 atom stereocenters. The fourth-order valence-corrected chi connectivity index (χ4v) is 2.77. The van der Waals surface area contributed by atoms with Gasteiger partial charge >= 0.3 is 0 Å². The highest BCUT2D eigenvalue weighted by Gasteiger charge is 2.31. The molecule has 1 aliphatic carbocycles. The van der Waals surface area contributed by atoms with Crippen molar-refractivity contribution in [1.82, 2.24) is 20.4 Å². The Morgan fingerprint density at radius 2 is 2.28 bits per heavy atom. The molecule has 2 heterocycles. The first kappa shape index (κ1) is 12.1. The maximum absolute atomic E-state index is 5.24. The molecule has 0 amide bonds. The number of rotatable bonds is 5. The Labute approximate surface area is 108 Å². The van der Waals surface area contributed by atoms with Crippen molar-refractivity contribution in [1.29, 1.82) is 0 Å². The molecule has 1 aromatic rings. The number of aryl methyl sites for hydroxylation is 1. The average Bonchev–Trinajstić information content (AvgIpc) is 3.15. The van der Waals surface area contributed by atoms with Gasteiger partial charge in [-0.2, -0.15) is 4.98 Å². The summed E-state index contributed by atoms with van der Waals surface area (Å²) in [5, 5.41) is 7.36. The predicted octanol–water partition coefficient (Wildman–Crippen LogP) is 1.34. The second-order valence-electron chi connectivity index (χ2n) is 5.61. The van der Waals surface area contributed by atoms with Crippen molar-refractivity contribution in [2.45, 2.75) is 45.2 Å². The third-order valence-electron chi connectivity index (χ3n) is 3.86. The fraction of sp³-hybridized carbons (Fsp3) is 0.846. The van der Waals surface area contributed by atoms with E-state index in [0.717, 1.165) is 36.8 Å². The normalized spacial score (nSPS) is 24.7. The van der Waals surface area contributed by atoms with Crippen LogP contribution < -0.4 is 5.32 Å². The minimum absolute atomic E-state index is 0.736. The molecule has 3 rings (SSSR count). The zero-order valence-electron chi connectivity index (χ0n) is 11.1. The van der Waals surface area contributed by atoms with Crippen molar-refractivity contribution >= 4 is 0 Å². The van der Waals surface area contributed by atoms with E-state index in [9.17, 15) is 0 Å². The third-order valence-corrected chi connectivity index (χ3v) is 3.86. The smallest absolute Gasteiger partial charge is 0.240 e. The van der Waals surface area contributed by atoms with Crippen molar-refractivity contribution in [2.75, 3.05) is 19.6 Å². The molecule has 1 aromatic heterocycles. The third kappa shape index (κ3) is 3.09. The molecule has 0 aromatic carbocycles. The lowest BCUT2D eigenvalue weighted by atomic mass is 9.99. The van der Waals surface area contributed by atoms with Crippen LogP contribution in [0, 0.1) is 12.8 Å². The molecule has 0 radical (unpaired) electrons. The molecule has 5 heteroatoms. The van der Waals surface area contributed by atoms with Gasteiger partial charge in [0.2, 0.25) is 5.89 Å². The quantitative estimate of drug-likeness (QED) is 0.854. The zero-order chi connectivity index (χ0) is 12.4. The molecule has 1 saturated carbocycles. The molecule has 2 fully saturated rings. The molecule has 18 heavy (non-hydrogen) atoms. The van der Waals surface area contributed by atoms with Crippen molar-refractivity contribution in [3.05, 3.63) is 11.7 Å². The van der Waals surface area contributed by atoms with Gasteiger partial charge in [-0.1, -0.05) is 5.16 Å². The first-order valence-electron chi connectivity index (χ1n) is 7.05. The zero-order valence-corrected chi connectivity index (χ0v) is 11.1. The summed E-state index contributed by atoms with van der Waals surface area (Å²) < 4.78 is 5.24. The van der Waals surface area contributed by atoms with Crippen molar-refractivity contribution in [2.24, 2.45) is 5.92 Å². The largest absolute Gasteiger partial charge is 0.338 e. The number of nitrogens with one attached hydrogen (secondary N) is 1. The van der Waals surface area contributed by atoms with Gasteiger partial charge in [0, 0.05) is 12.6 Å². The van der Waals surface area contributed by atoms with E-state index in [4.69, 9.17) is 4.52 Å². The average molecular weight is 250 g/mol. The highest BCUT2D eigenvalue weighted by atomic mass is 16.5. The molecule has 0 bridgehead atoms. The van der Waals surface area contributed by atoms with Gasteiger partial charge in [0.25, 0.3) is 0 Å².